The van der Waals surface area contributed by atoms with Gasteiger partial charge in [-0.15, -0.1) is 0 Å². The quantitative estimate of drug-likeness (QED) is 0.909. The van der Waals surface area contributed by atoms with Gasteiger partial charge in [-0.05, 0) is 36.2 Å². The van der Waals surface area contributed by atoms with Crippen molar-refractivity contribution < 1.29 is 9.18 Å². The summed E-state index contributed by atoms with van der Waals surface area (Å²) >= 11 is 0. The Balaban J connectivity index is 1.65. The van der Waals surface area contributed by atoms with E-state index < -0.39 is 0 Å². The summed E-state index contributed by atoms with van der Waals surface area (Å²) in [5, 5.41) is 6.15. The molecule has 3 rings (SSSR count). The second-order valence-corrected chi connectivity index (χ2v) is 5.34. The predicted molar refractivity (Wildman–Crippen MR) is 80.5 cm³/mol. The zero-order valence-corrected chi connectivity index (χ0v) is 11.8. The smallest absolute Gasteiger partial charge is 0.243 e. The van der Waals surface area contributed by atoms with Crippen molar-refractivity contribution in [1.29, 1.82) is 0 Å². The SMILES string of the molecule is CC(NC(=O)[C@@H]1Cc2ccccc2N1)c1cccc(F)c1. The van der Waals surface area contributed by atoms with E-state index in [1.165, 1.54) is 12.1 Å². The molecule has 2 N–H and O–H groups in total. The second kappa shape index (κ2) is 5.56. The lowest BCUT2D eigenvalue weighted by Crippen LogP contribution is -2.39. The number of carbonyl (C=O) groups excluding carboxylic acids is 1. The Kier molecular flexibility index (Phi) is 3.60. The molecule has 1 aliphatic rings. The Morgan fingerprint density at radius 2 is 2.10 bits per heavy atom. The predicted octanol–water partition coefficient (Wildman–Crippen LogP) is 3.04. The van der Waals surface area contributed by atoms with Crippen molar-refractivity contribution in [3.63, 3.8) is 0 Å². The molecule has 1 heterocycles. The molecular weight excluding hydrogens is 267 g/mol. The normalized spacial score (nSPS) is 17.7. The summed E-state index contributed by atoms with van der Waals surface area (Å²) in [6, 6.07) is 13.7. The summed E-state index contributed by atoms with van der Waals surface area (Å²) < 4.78 is 13.2. The molecule has 1 unspecified atom stereocenters. The molecular formula is C17H17FN2O. The zero-order valence-electron chi connectivity index (χ0n) is 11.8. The molecule has 0 aromatic heterocycles. The largest absolute Gasteiger partial charge is 0.373 e. The van der Waals surface area contributed by atoms with Crippen molar-refractivity contribution in [2.45, 2.75) is 25.4 Å². The number of fused-ring (bicyclic) bond motifs is 1. The lowest BCUT2D eigenvalue weighted by atomic mass is 10.1. The summed E-state index contributed by atoms with van der Waals surface area (Å²) in [7, 11) is 0. The van der Waals surface area contributed by atoms with E-state index in [-0.39, 0.29) is 23.8 Å². The summed E-state index contributed by atoms with van der Waals surface area (Å²) in [5.41, 5.74) is 2.92. The molecule has 2 atom stereocenters. The minimum atomic E-state index is -0.292. The average Bonchev–Trinajstić information content (AvgIpc) is 2.91. The van der Waals surface area contributed by atoms with Crippen LogP contribution < -0.4 is 10.6 Å². The van der Waals surface area contributed by atoms with Crippen LogP contribution in [0.3, 0.4) is 0 Å². The maximum absolute atomic E-state index is 13.2. The topological polar surface area (TPSA) is 41.1 Å². The van der Waals surface area contributed by atoms with Crippen LogP contribution in [0.2, 0.25) is 0 Å². The van der Waals surface area contributed by atoms with E-state index in [1.54, 1.807) is 6.07 Å². The van der Waals surface area contributed by atoms with Crippen molar-refractivity contribution in [1.82, 2.24) is 5.32 Å². The molecule has 21 heavy (non-hydrogen) atoms. The van der Waals surface area contributed by atoms with Crippen LogP contribution in [-0.4, -0.2) is 11.9 Å². The van der Waals surface area contributed by atoms with Crippen LogP contribution in [-0.2, 0) is 11.2 Å². The summed E-state index contributed by atoms with van der Waals surface area (Å²) in [5.74, 6) is -0.358. The molecule has 0 saturated heterocycles. The number of carbonyl (C=O) groups is 1. The van der Waals surface area contributed by atoms with Gasteiger partial charge in [0, 0.05) is 12.1 Å². The van der Waals surface area contributed by atoms with Crippen LogP contribution in [0.15, 0.2) is 48.5 Å². The molecule has 0 saturated carbocycles. The molecule has 2 aromatic carbocycles. The number of hydrogen-bond acceptors (Lipinski definition) is 2. The van der Waals surface area contributed by atoms with Crippen molar-refractivity contribution in [2.24, 2.45) is 0 Å². The number of halogens is 1. The van der Waals surface area contributed by atoms with Gasteiger partial charge in [0.2, 0.25) is 5.91 Å². The van der Waals surface area contributed by atoms with E-state index in [0.717, 1.165) is 16.8 Å². The molecule has 0 aliphatic carbocycles. The number of hydrogen-bond donors (Lipinski definition) is 2. The molecule has 0 bridgehead atoms. The van der Waals surface area contributed by atoms with E-state index in [4.69, 9.17) is 0 Å². The van der Waals surface area contributed by atoms with E-state index in [2.05, 4.69) is 10.6 Å². The van der Waals surface area contributed by atoms with Crippen LogP contribution in [0, 0.1) is 5.82 Å². The van der Waals surface area contributed by atoms with Crippen LogP contribution in [0.4, 0.5) is 10.1 Å². The zero-order chi connectivity index (χ0) is 14.8. The molecule has 2 aromatic rings. The second-order valence-electron chi connectivity index (χ2n) is 5.34. The fourth-order valence-electron chi connectivity index (χ4n) is 2.63. The highest BCUT2D eigenvalue weighted by atomic mass is 19.1. The molecule has 0 spiro atoms. The first-order valence-corrected chi connectivity index (χ1v) is 7.04. The van der Waals surface area contributed by atoms with Crippen LogP contribution in [0.5, 0.6) is 0 Å². The van der Waals surface area contributed by atoms with E-state index in [0.29, 0.717) is 6.42 Å². The Hall–Kier alpha value is -2.36. The van der Waals surface area contributed by atoms with Gasteiger partial charge in [0.1, 0.15) is 11.9 Å². The lowest BCUT2D eigenvalue weighted by Gasteiger charge is -2.18. The summed E-state index contributed by atoms with van der Waals surface area (Å²) in [6.45, 7) is 1.86. The van der Waals surface area contributed by atoms with Crippen LogP contribution in [0.1, 0.15) is 24.1 Å². The summed E-state index contributed by atoms with van der Waals surface area (Å²) in [4.78, 5) is 12.3. The van der Waals surface area contributed by atoms with Crippen LogP contribution in [0.25, 0.3) is 0 Å². The van der Waals surface area contributed by atoms with Crippen molar-refractivity contribution in [3.8, 4) is 0 Å². The first kappa shape index (κ1) is 13.6. The fraction of sp³-hybridized carbons (Fsp3) is 0.235. The maximum Gasteiger partial charge on any atom is 0.243 e. The standard InChI is InChI=1S/C17H17FN2O/c1-11(12-6-4-7-14(18)9-12)19-17(21)16-10-13-5-2-3-8-15(13)20-16/h2-9,11,16,20H,10H2,1H3,(H,19,21)/t11?,16-/m0/s1. The minimum absolute atomic E-state index is 0.0667. The number of rotatable bonds is 3. The number of nitrogens with one attached hydrogen (secondary N) is 2. The minimum Gasteiger partial charge on any atom is -0.373 e. The number of benzene rings is 2. The van der Waals surface area contributed by atoms with Gasteiger partial charge in [-0.3, -0.25) is 4.79 Å². The molecule has 4 heteroatoms. The molecule has 0 fully saturated rings. The lowest BCUT2D eigenvalue weighted by molar-refractivity contribution is -0.122. The van der Waals surface area contributed by atoms with Gasteiger partial charge in [-0.25, -0.2) is 4.39 Å². The third-order valence-corrected chi connectivity index (χ3v) is 3.80. The monoisotopic (exact) mass is 284 g/mol. The van der Waals surface area contributed by atoms with Gasteiger partial charge < -0.3 is 10.6 Å². The Bertz CT molecular complexity index is 646. The molecule has 3 nitrogen and oxygen atoms in total. The molecule has 108 valence electrons. The average molecular weight is 284 g/mol. The van der Waals surface area contributed by atoms with Gasteiger partial charge in [0.05, 0.1) is 6.04 Å². The van der Waals surface area contributed by atoms with Crippen LogP contribution >= 0.6 is 0 Å². The Morgan fingerprint density at radius 3 is 2.86 bits per heavy atom. The van der Waals surface area contributed by atoms with Gasteiger partial charge >= 0.3 is 0 Å². The van der Waals surface area contributed by atoms with Crippen molar-refractivity contribution >= 4 is 11.6 Å². The summed E-state index contributed by atoms with van der Waals surface area (Å²) in [6.07, 6.45) is 0.678. The highest BCUT2D eigenvalue weighted by Crippen LogP contribution is 2.25. The van der Waals surface area contributed by atoms with Gasteiger partial charge in [0.15, 0.2) is 0 Å². The number of anilines is 1. The fourth-order valence-corrected chi connectivity index (χ4v) is 2.63. The van der Waals surface area contributed by atoms with E-state index >= 15 is 0 Å². The van der Waals surface area contributed by atoms with Gasteiger partial charge in [-0.1, -0.05) is 30.3 Å². The third kappa shape index (κ3) is 2.89. The molecule has 1 amide bonds. The number of para-hydroxylation sites is 1. The first-order valence-electron chi connectivity index (χ1n) is 7.04. The first-order chi connectivity index (χ1) is 10.1. The Morgan fingerprint density at radius 1 is 1.29 bits per heavy atom. The van der Waals surface area contributed by atoms with Gasteiger partial charge in [0.25, 0.3) is 0 Å². The van der Waals surface area contributed by atoms with E-state index in [9.17, 15) is 9.18 Å². The van der Waals surface area contributed by atoms with Crippen molar-refractivity contribution in [3.05, 3.63) is 65.5 Å². The molecule has 0 radical (unpaired) electrons. The third-order valence-electron chi connectivity index (χ3n) is 3.80. The van der Waals surface area contributed by atoms with Gasteiger partial charge in [-0.2, -0.15) is 0 Å². The van der Waals surface area contributed by atoms with E-state index in [1.807, 2.05) is 37.3 Å². The number of amides is 1. The molecule has 1 aliphatic heterocycles. The highest BCUT2D eigenvalue weighted by Gasteiger charge is 2.27. The van der Waals surface area contributed by atoms with Crippen molar-refractivity contribution in [2.75, 3.05) is 5.32 Å². The Labute approximate surface area is 123 Å². The maximum atomic E-state index is 13.2. The highest BCUT2D eigenvalue weighted by molar-refractivity contribution is 5.87.